The van der Waals surface area contributed by atoms with E-state index in [0.717, 1.165) is 52.2 Å². The molecule has 0 bridgehead atoms. The maximum atomic E-state index is 13.8. The first kappa shape index (κ1) is 23.7. The molecule has 1 amide bonds. The van der Waals surface area contributed by atoms with Gasteiger partial charge in [-0.1, -0.05) is 17.7 Å². The molecule has 0 atom stereocenters. The number of carbonyl (C=O) groups excluding carboxylic acids is 1. The SMILES string of the molecule is Cc1c(Cl)ccc2c(-c3nc(C(=O)N4CCN(Cc5ccncc5)CC4)c(-c4cccnc4)s3)[nH]nc12. The van der Waals surface area contributed by atoms with Crippen LogP contribution in [0.15, 0.2) is 61.2 Å². The summed E-state index contributed by atoms with van der Waals surface area (Å²) < 4.78 is 0. The van der Waals surface area contributed by atoms with Crippen LogP contribution in [0.1, 0.15) is 21.6 Å². The number of amides is 1. The Morgan fingerprint density at radius 3 is 2.62 bits per heavy atom. The van der Waals surface area contributed by atoms with Crippen molar-refractivity contribution in [2.75, 3.05) is 26.2 Å². The summed E-state index contributed by atoms with van der Waals surface area (Å²) in [6, 6.07) is 11.7. The van der Waals surface area contributed by atoms with E-state index in [0.29, 0.717) is 28.8 Å². The lowest BCUT2D eigenvalue weighted by molar-refractivity contribution is 0.0624. The summed E-state index contributed by atoms with van der Waals surface area (Å²) in [6.07, 6.45) is 7.13. The number of hydrogen-bond donors (Lipinski definition) is 1. The highest BCUT2D eigenvalue weighted by Crippen LogP contribution is 2.38. The van der Waals surface area contributed by atoms with E-state index in [-0.39, 0.29) is 5.91 Å². The third kappa shape index (κ3) is 4.61. The maximum Gasteiger partial charge on any atom is 0.274 e. The zero-order valence-electron chi connectivity index (χ0n) is 20.2. The van der Waals surface area contributed by atoms with E-state index in [2.05, 4.69) is 25.1 Å². The molecule has 1 aromatic carbocycles. The van der Waals surface area contributed by atoms with E-state index >= 15 is 0 Å². The Balaban J connectivity index is 1.30. The van der Waals surface area contributed by atoms with Gasteiger partial charge in [0.05, 0.1) is 10.4 Å². The third-order valence-electron chi connectivity index (χ3n) is 6.70. The van der Waals surface area contributed by atoms with Gasteiger partial charge >= 0.3 is 0 Å². The molecule has 5 heterocycles. The number of piperazine rings is 1. The summed E-state index contributed by atoms with van der Waals surface area (Å²) in [4.78, 5) is 32.1. The molecule has 1 fully saturated rings. The molecular weight excluding hydrogens is 506 g/mol. The van der Waals surface area contributed by atoms with Crippen LogP contribution < -0.4 is 0 Å². The molecule has 0 aliphatic carbocycles. The molecule has 0 radical (unpaired) electrons. The fourth-order valence-corrected chi connectivity index (χ4v) is 5.84. The molecule has 1 N–H and O–H groups in total. The van der Waals surface area contributed by atoms with E-state index in [1.807, 2.05) is 60.6 Å². The number of pyridine rings is 2. The molecule has 5 aromatic rings. The minimum absolute atomic E-state index is 0.0621. The van der Waals surface area contributed by atoms with Crippen LogP contribution in [0.25, 0.3) is 32.0 Å². The van der Waals surface area contributed by atoms with Gasteiger partial charge in [-0.25, -0.2) is 4.98 Å². The molecule has 8 nitrogen and oxygen atoms in total. The molecule has 37 heavy (non-hydrogen) atoms. The van der Waals surface area contributed by atoms with Crippen molar-refractivity contribution in [3.8, 4) is 21.1 Å². The molecular formula is C27H24ClN7OS. The molecule has 186 valence electrons. The average Bonchev–Trinajstić information content (AvgIpc) is 3.57. The first-order valence-corrected chi connectivity index (χ1v) is 13.2. The molecule has 0 saturated carbocycles. The van der Waals surface area contributed by atoms with Gasteiger partial charge in [0.2, 0.25) is 0 Å². The van der Waals surface area contributed by atoms with Crippen molar-refractivity contribution in [3.05, 3.63) is 83.0 Å². The van der Waals surface area contributed by atoms with Crippen LogP contribution in [0, 0.1) is 6.92 Å². The largest absolute Gasteiger partial charge is 0.335 e. The summed E-state index contributed by atoms with van der Waals surface area (Å²) in [6.45, 7) is 5.70. The van der Waals surface area contributed by atoms with E-state index < -0.39 is 0 Å². The topological polar surface area (TPSA) is 90.9 Å². The molecule has 1 saturated heterocycles. The monoisotopic (exact) mass is 529 g/mol. The highest BCUT2D eigenvalue weighted by molar-refractivity contribution is 7.18. The number of fused-ring (bicyclic) bond motifs is 1. The number of thiazole rings is 1. The van der Waals surface area contributed by atoms with E-state index in [1.165, 1.54) is 16.9 Å². The van der Waals surface area contributed by atoms with Gasteiger partial charge in [0.15, 0.2) is 0 Å². The van der Waals surface area contributed by atoms with Gasteiger partial charge in [0.25, 0.3) is 5.91 Å². The molecule has 1 aliphatic heterocycles. The molecule has 10 heteroatoms. The molecule has 1 aliphatic rings. The lowest BCUT2D eigenvalue weighted by Crippen LogP contribution is -2.48. The number of halogens is 1. The van der Waals surface area contributed by atoms with Crippen molar-refractivity contribution in [2.24, 2.45) is 0 Å². The molecule has 6 rings (SSSR count). The van der Waals surface area contributed by atoms with Crippen molar-refractivity contribution >= 4 is 39.7 Å². The Morgan fingerprint density at radius 2 is 1.86 bits per heavy atom. The first-order chi connectivity index (χ1) is 18.1. The average molecular weight is 530 g/mol. The maximum absolute atomic E-state index is 13.8. The predicted molar refractivity (Wildman–Crippen MR) is 146 cm³/mol. The fraction of sp³-hybridized carbons (Fsp3) is 0.222. The zero-order valence-corrected chi connectivity index (χ0v) is 21.8. The van der Waals surface area contributed by atoms with Crippen molar-refractivity contribution in [1.82, 2.24) is 34.9 Å². The summed E-state index contributed by atoms with van der Waals surface area (Å²) in [5.41, 5.74) is 5.04. The number of benzene rings is 1. The number of hydrogen-bond acceptors (Lipinski definition) is 7. The molecule has 4 aromatic heterocycles. The van der Waals surface area contributed by atoms with Crippen LogP contribution in [0.2, 0.25) is 5.02 Å². The second-order valence-corrected chi connectivity index (χ2v) is 10.4. The van der Waals surface area contributed by atoms with Crippen molar-refractivity contribution in [2.45, 2.75) is 13.5 Å². The molecule has 0 unspecified atom stereocenters. The summed E-state index contributed by atoms with van der Waals surface area (Å²) in [7, 11) is 0. The number of nitrogens with one attached hydrogen (secondary N) is 1. The second-order valence-electron chi connectivity index (χ2n) is 9.03. The van der Waals surface area contributed by atoms with Crippen LogP contribution in [0.4, 0.5) is 0 Å². The number of aromatic amines is 1. The van der Waals surface area contributed by atoms with Crippen LogP contribution in [-0.4, -0.2) is 67.0 Å². The van der Waals surface area contributed by atoms with Gasteiger partial charge in [-0.3, -0.25) is 24.8 Å². The Morgan fingerprint density at radius 1 is 1.05 bits per heavy atom. The fourth-order valence-electron chi connectivity index (χ4n) is 4.63. The Labute approximate surface area is 223 Å². The number of nitrogens with zero attached hydrogens (tertiary/aromatic N) is 6. The summed E-state index contributed by atoms with van der Waals surface area (Å²) in [5.74, 6) is -0.0621. The summed E-state index contributed by atoms with van der Waals surface area (Å²) in [5, 5.41) is 9.91. The highest BCUT2D eigenvalue weighted by atomic mass is 35.5. The van der Waals surface area contributed by atoms with E-state index in [4.69, 9.17) is 16.6 Å². The second kappa shape index (κ2) is 10.0. The number of carbonyl (C=O) groups is 1. The van der Waals surface area contributed by atoms with Gasteiger partial charge in [-0.05, 0) is 48.4 Å². The Bertz CT molecular complexity index is 1560. The third-order valence-corrected chi connectivity index (χ3v) is 8.23. The number of aromatic nitrogens is 5. The van der Waals surface area contributed by atoms with Crippen molar-refractivity contribution in [3.63, 3.8) is 0 Å². The first-order valence-electron chi connectivity index (χ1n) is 12.0. The minimum Gasteiger partial charge on any atom is -0.335 e. The Kier molecular flexibility index (Phi) is 6.42. The smallest absolute Gasteiger partial charge is 0.274 e. The van der Waals surface area contributed by atoms with Gasteiger partial charge in [-0.15, -0.1) is 11.3 Å². The predicted octanol–water partition coefficient (Wildman–Crippen LogP) is 5.06. The van der Waals surface area contributed by atoms with Crippen LogP contribution in [0.3, 0.4) is 0 Å². The minimum atomic E-state index is -0.0621. The van der Waals surface area contributed by atoms with Crippen LogP contribution in [-0.2, 0) is 6.54 Å². The standard InChI is InChI=1S/C27H24ClN7OS/c1-17-21(28)5-4-20-22(17)32-33-23(20)26-31-24(25(37-26)19-3-2-8-30-15-19)27(36)35-13-11-34(12-14-35)16-18-6-9-29-10-7-18/h2-10,15H,11-14,16H2,1H3,(H,32,33). The number of rotatable bonds is 5. The van der Waals surface area contributed by atoms with Crippen LogP contribution in [0.5, 0.6) is 0 Å². The highest BCUT2D eigenvalue weighted by Gasteiger charge is 2.28. The number of H-pyrrole nitrogens is 1. The number of aryl methyl sites for hydroxylation is 1. The van der Waals surface area contributed by atoms with Gasteiger partial charge in [-0.2, -0.15) is 5.10 Å². The van der Waals surface area contributed by atoms with E-state index in [9.17, 15) is 4.79 Å². The quantitative estimate of drug-likeness (QED) is 0.342. The van der Waals surface area contributed by atoms with E-state index in [1.54, 1.807) is 12.4 Å². The Hall–Kier alpha value is -3.66. The molecule has 0 spiro atoms. The van der Waals surface area contributed by atoms with Gasteiger partial charge in [0.1, 0.15) is 16.4 Å². The normalized spacial score (nSPS) is 14.4. The van der Waals surface area contributed by atoms with Crippen LogP contribution >= 0.6 is 22.9 Å². The van der Waals surface area contributed by atoms with Crippen molar-refractivity contribution in [1.29, 1.82) is 0 Å². The van der Waals surface area contributed by atoms with Gasteiger partial charge in [0, 0.05) is 73.5 Å². The zero-order chi connectivity index (χ0) is 25.4. The lowest BCUT2D eigenvalue weighted by atomic mass is 10.1. The lowest BCUT2D eigenvalue weighted by Gasteiger charge is -2.34. The summed E-state index contributed by atoms with van der Waals surface area (Å²) >= 11 is 7.78. The van der Waals surface area contributed by atoms with Gasteiger partial charge < -0.3 is 4.90 Å². The van der Waals surface area contributed by atoms with Crippen molar-refractivity contribution < 1.29 is 4.79 Å².